The Morgan fingerprint density at radius 2 is 2.00 bits per heavy atom. The highest BCUT2D eigenvalue weighted by atomic mass is 32.2. The van der Waals surface area contributed by atoms with E-state index in [1.807, 2.05) is 36.9 Å². The molecule has 1 atom stereocenters. The van der Waals surface area contributed by atoms with Gasteiger partial charge in [0.2, 0.25) is 0 Å². The van der Waals surface area contributed by atoms with Crippen LogP contribution in [0.25, 0.3) is 0 Å². The Labute approximate surface area is 117 Å². The van der Waals surface area contributed by atoms with E-state index in [0.717, 1.165) is 18.0 Å². The van der Waals surface area contributed by atoms with Gasteiger partial charge in [0.1, 0.15) is 5.82 Å². The van der Waals surface area contributed by atoms with E-state index >= 15 is 0 Å². The molecule has 2 nitrogen and oxygen atoms in total. The van der Waals surface area contributed by atoms with Crippen molar-refractivity contribution in [3.05, 3.63) is 60.2 Å². The maximum absolute atomic E-state index is 12.8. The van der Waals surface area contributed by atoms with E-state index in [1.54, 1.807) is 6.07 Å². The maximum atomic E-state index is 12.8. The molecule has 4 heteroatoms. The van der Waals surface area contributed by atoms with Crippen LogP contribution in [0.4, 0.5) is 4.39 Å². The monoisotopic (exact) mass is 276 g/mol. The van der Waals surface area contributed by atoms with Gasteiger partial charge in [-0.25, -0.2) is 4.39 Å². The van der Waals surface area contributed by atoms with E-state index < -0.39 is 0 Å². The van der Waals surface area contributed by atoms with Crippen LogP contribution in [0.1, 0.15) is 18.7 Å². The van der Waals surface area contributed by atoms with Gasteiger partial charge in [-0.2, -0.15) is 0 Å². The molecule has 0 amide bonds. The molecule has 2 aromatic rings. The fourth-order valence-electron chi connectivity index (χ4n) is 1.71. The number of hydrogen-bond donors (Lipinski definition) is 1. The summed E-state index contributed by atoms with van der Waals surface area (Å²) in [6.07, 6.45) is 1.26. The lowest BCUT2D eigenvalue weighted by molar-refractivity contribution is 0.575. The number of nitrogens with zero attached hydrogens (tertiary/aromatic N) is 1. The number of aromatic nitrogens is 1. The SMILES string of the molecule is CC(NCCSc1ccccc1)c1ccc(F)cn1. The van der Waals surface area contributed by atoms with Crippen molar-refractivity contribution in [3.8, 4) is 0 Å². The summed E-state index contributed by atoms with van der Waals surface area (Å²) in [5.41, 5.74) is 0.867. The summed E-state index contributed by atoms with van der Waals surface area (Å²) in [5.74, 6) is 0.700. The number of pyridine rings is 1. The molecule has 0 spiro atoms. The molecule has 0 saturated heterocycles. The minimum Gasteiger partial charge on any atom is -0.308 e. The molecule has 1 unspecified atom stereocenters. The summed E-state index contributed by atoms with van der Waals surface area (Å²) in [6, 6.07) is 13.6. The third-order valence-corrected chi connectivity index (χ3v) is 3.77. The summed E-state index contributed by atoms with van der Waals surface area (Å²) in [5, 5.41) is 3.38. The average molecular weight is 276 g/mol. The average Bonchev–Trinajstić information content (AvgIpc) is 2.45. The minimum absolute atomic E-state index is 0.136. The summed E-state index contributed by atoms with van der Waals surface area (Å²) < 4.78 is 12.8. The van der Waals surface area contributed by atoms with E-state index in [1.165, 1.54) is 17.2 Å². The second-order valence-electron chi connectivity index (χ2n) is 4.24. The van der Waals surface area contributed by atoms with Crippen molar-refractivity contribution < 1.29 is 4.39 Å². The first kappa shape index (κ1) is 14.0. The van der Waals surface area contributed by atoms with Gasteiger partial charge in [0.25, 0.3) is 0 Å². The number of halogens is 1. The third-order valence-electron chi connectivity index (χ3n) is 2.76. The lowest BCUT2D eigenvalue weighted by Gasteiger charge is -2.12. The van der Waals surface area contributed by atoms with Gasteiger partial charge in [0.15, 0.2) is 0 Å². The molecule has 0 fully saturated rings. The third kappa shape index (κ3) is 4.65. The van der Waals surface area contributed by atoms with Crippen LogP contribution in [0.3, 0.4) is 0 Å². The zero-order valence-electron chi connectivity index (χ0n) is 10.8. The van der Waals surface area contributed by atoms with Crippen molar-refractivity contribution in [1.82, 2.24) is 10.3 Å². The van der Waals surface area contributed by atoms with E-state index in [0.29, 0.717) is 0 Å². The van der Waals surface area contributed by atoms with Crippen molar-refractivity contribution in [3.63, 3.8) is 0 Å². The molecule has 1 N–H and O–H groups in total. The standard InChI is InChI=1S/C15H17FN2S/c1-12(15-8-7-13(16)11-18-15)17-9-10-19-14-5-3-2-4-6-14/h2-8,11-12,17H,9-10H2,1H3. The van der Waals surface area contributed by atoms with Crippen LogP contribution < -0.4 is 5.32 Å². The van der Waals surface area contributed by atoms with Crippen LogP contribution in [0, 0.1) is 5.82 Å². The Morgan fingerprint density at radius 3 is 2.68 bits per heavy atom. The van der Waals surface area contributed by atoms with Gasteiger partial charge < -0.3 is 5.32 Å². The van der Waals surface area contributed by atoms with E-state index in [4.69, 9.17) is 0 Å². The molecule has 2 rings (SSSR count). The van der Waals surface area contributed by atoms with Gasteiger partial charge in [0, 0.05) is 23.2 Å². The lowest BCUT2D eigenvalue weighted by atomic mass is 10.2. The molecular formula is C15H17FN2S. The van der Waals surface area contributed by atoms with Crippen molar-refractivity contribution in [2.75, 3.05) is 12.3 Å². The number of rotatable bonds is 6. The van der Waals surface area contributed by atoms with Gasteiger partial charge in [-0.05, 0) is 31.2 Å². The molecule has 0 aliphatic rings. The normalized spacial score (nSPS) is 12.3. The van der Waals surface area contributed by atoms with Crippen LogP contribution in [0.2, 0.25) is 0 Å². The van der Waals surface area contributed by atoms with Crippen LogP contribution >= 0.6 is 11.8 Å². The zero-order chi connectivity index (χ0) is 13.5. The van der Waals surface area contributed by atoms with Crippen molar-refractivity contribution in [2.45, 2.75) is 17.9 Å². The quantitative estimate of drug-likeness (QED) is 0.644. The van der Waals surface area contributed by atoms with E-state index in [2.05, 4.69) is 22.4 Å². The first-order valence-electron chi connectivity index (χ1n) is 6.28. The van der Waals surface area contributed by atoms with Crippen LogP contribution in [0.5, 0.6) is 0 Å². The largest absolute Gasteiger partial charge is 0.308 e. The van der Waals surface area contributed by atoms with Gasteiger partial charge in [-0.3, -0.25) is 4.98 Å². The molecule has 1 aromatic carbocycles. The molecule has 19 heavy (non-hydrogen) atoms. The number of thioether (sulfide) groups is 1. The molecule has 0 bridgehead atoms. The molecular weight excluding hydrogens is 259 g/mol. The fraction of sp³-hybridized carbons (Fsp3) is 0.267. The van der Waals surface area contributed by atoms with Crippen LogP contribution in [0.15, 0.2) is 53.6 Å². The molecule has 0 saturated carbocycles. The van der Waals surface area contributed by atoms with E-state index in [9.17, 15) is 4.39 Å². The molecule has 0 radical (unpaired) electrons. The Bertz CT molecular complexity index is 487. The number of benzene rings is 1. The second kappa shape index (κ2) is 7.26. The minimum atomic E-state index is -0.296. The fourth-order valence-corrected chi connectivity index (χ4v) is 2.51. The predicted molar refractivity (Wildman–Crippen MR) is 77.8 cm³/mol. The molecule has 1 heterocycles. The smallest absolute Gasteiger partial charge is 0.141 e. The highest BCUT2D eigenvalue weighted by Gasteiger charge is 2.05. The Morgan fingerprint density at radius 1 is 1.21 bits per heavy atom. The first-order valence-corrected chi connectivity index (χ1v) is 7.27. The van der Waals surface area contributed by atoms with Gasteiger partial charge in [-0.15, -0.1) is 11.8 Å². The Hall–Kier alpha value is -1.39. The van der Waals surface area contributed by atoms with E-state index in [-0.39, 0.29) is 11.9 Å². The number of hydrogen-bond acceptors (Lipinski definition) is 3. The lowest BCUT2D eigenvalue weighted by Crippen LogP contribution is -2.22. The summed E-state index contributed by atoms with van der Waals surface area (Å²) >= 11 is 1.82. The highest BCUT2D eigenvalue weighted by molar-refractivity contribution is 7.99. The Kier molecular flexibility index (Phi) is 5.36. The van der Waals surface area contributed by atoms with Gasteiger partial charge in [-0.1, -0.05) is 18.2 Å². The summed E-state index contributed by atoms with van der Waals surface area (Å²) in [6.45, 7) is 2.92. The topological polar surface area (TPSA) is 24.9 Å². The summed E-state index contributed by atoms with van der Waals surface area (Å²) in [4.78, 5) is 5.35. The predicted octanol–water partition coefficient (Wildman–Crippen LogP) is 3.66. The second-order valence-corrected chi connectivity index (χ2v) is 5.41. The first-order chi connectivity index (χ1) is 9.25. The van der Waals surface area contributed by atoms with Gasteiger partial charge >= 0.3 is 0 Å². The maximum Gasteiger partial charge on any atom is 0.141 e. The molecule has 1 aromatic heterocycles. The molecule has 0 aliphatic carbocycles. The number of nitrogens with one attached hydrogen (secondary N) is 1. The zero-order valence-corrected chi connectivity index (χ0v) is 11.7. The van der Waals surface area contributed by atoms with Crippen molar-refractivity contribution in [1.29, 1.82) is 0 Å². The Balaban J connectivity index is 1.72. The molecule has 100 valence electrons. The van der Waals surface area contributed by atoms with Gasteiger partial charge in [0.05, 0.1) is 11.9 Å². The van der Waals surface area contributed by atoms with Crippen molar-refractivity contribution >= 4 is 11.8 Å². The summed E-state index contributed by atoms with van der Waals surface area (Å²) in [7, 11) is 0. The van der Waals surface area contributed by atoms with Crippen LogP contribution in [-0.2, 0) is 0 Å². The van der Waals surface area contributed by atoms with Crippen molar-refractivity contribution in [2.24, 2.45) is 0 Å². The van der Waals surface area contributed by atoms with Crippen LogP contribution in [-0.4, -0.2) is 17.3 Å². The molecule has 0 aliphatic heterocycles. The highest BCUT2D eigenvalue weighted by Crippen LogP contribution is 2.16.